The van der Waals surface area contributed by atoms with Crippen molar-refractivity contribution in [3.63, 3.8) is 0 Å². The molecule has 0 spiro atoms. The van der Waals surface area contributed by atoms with E-state index in [2.05, 4.69) is 101 Å². The number of hydrogen-bond acceptors (Lipinski definition) is 10. The summed E-state index contributed by atoms with van der Waals surface area (Å²) in [6.45, 7) is 8.84. The van der Waals surface area contributed by atoms with Gasteiger partial charge in [-0.1, -0.05) is 36.4 Å². The smallest absolute Gasteiger partial charge is 0.146 e. The summed E-state index contributed by atoms with van der Waals surface area (Å²) in [5, 5.41) is 40.1. The zero-order valence-electron chi connectivity index (χ0n) is 30.3. The van der Waals surface area contributed by atoms with E-state index in [1.165, 1.54) is 97.1 Å². The summed E-state index contributed by atoms with van der Waals surface area (Å²) in [4.78, 5) is 2.34. The van der Waals surface area contributed by atoms with Crippen molar-refractivity contribution < 1.29 is 0 Å². The number of thiophene rings is 6. The van der Waals surface area contributed by atoms with Gasteiger partial charge in [0, 0.05) is 68.9 Å². The summed E-state index contributed by atoms with van der Waals surface area (Å²) in [6.07, 6.45) is 4.55. The van der Waals surface area contributed by atoms with E-state index in [0.29, 0.717) is 9.06 Å². The lowest BCUT2D eigenvalue weighted by Gasteiger charge is -2.18. The van der Waals surface area contributed by atoms with Gasteiger partial charge in [-0.25, -0.2) is 0 Å². The molecule has 0 saturated heterocycles. The first kappa shape index (κ1) is 36.0. The number of nitriles is 4. The van der Waals surface area contributed by atoms with Gasteiger partial charge in [-0.05, 0) is 110 Å². The second-order valence-corrected chi connectivity index (χ2v) is 20.1. The van der Waals surface area contributed by atoms with Crippen LogP contribution in [0.4, 0.5) is 0 Å². The second-order valence-electron chi connectivity index (χ2n) is 13.5. The monoisotopic (exact) mass is 826 g/mol. The summed E-state index contributed by atoms with van der Waals surface area (Å²) in [7, 11) is 0. The van der Waals surface area contributed by atoms with Gasteiger partial charge >= 0.3 is 0 Å². The maximum Gasteiger partial charge on any atom is 0.146 e. The highest BCUT2D eigenvalue weighted by atomic mass is 32.1. The van der Waals surface area contributed by atoms with E-state index in [9.17, 15) is 21.0 Å². The average molecular weight is 827 g/mol. The maximum absolute atomic E-state index is 9.41. The number of nitrogens with zero attached hydrogens (tertiary/aromatic N) is 4. The van der Waals surface area contributed by atoms with Crippen LogP contribution in [0, 0.1) is 73.0 Å². The fraction of sp³-hybridized carbons (Fsp3) is 0.0870. The normalized spacial score (nSPS) is 12.1. The van der Waals surface area contributed by atoms with Crippen LogP contribution in [0.15, 0.2) is 72.8 Å². The Kier molecular flexibility index (Phi) is 9.08. The Morgan fingerprint density at radius 2 is 0.804 bits per heavy atom. The predicted molar refractivity (Wildman–Crippen MR) is 241 cm³/mol. The fourth-order valence-electron chi connectivity index (χ4n) is 7.51. The number of fused-ring (bicyclic) bond motifs is 4. The molecule has 0 aliphatic carbocycles. The minimum absolute atomic E-state index is 0.155. The van der Waals surface area contributed by atoms with Crippen molar-refractivity contribution in [1.29, 1.82) is 21.0 Å². The molecule has 6 aromatic heterocycles. The third-order valence-corrected chi connectivity index (χ3v) is 16.6. The molecule has 56 heavy (non-hydrogen) atoms. The van der Waals surface area contributed by atoms with Crippen molar-refractivity contribution >= 4 is 130 Å². The van der Waals surface area contributed by atoms with E-state index in [1.807, 2.05) is 59.1 Å². The first-order chi connectivity index (χ1) is 27.2. The lowest BCUT2D eigenvalue weighted by atomic mass is 9.87. The second kappa shape index (κ2) is 14.1. The molecule has 0 atom stereocenters. The van der Waals surface area contributed by atoms with E-state index in [0.717, 1.165) is 27.9 Å². The lowest BCUT2D eigenvalue weighted by Crippen LogP contribution is -1.95. The molecular formula is C46H26N4S6. The summed E-state index contributed by atoms with van der Waals surface area (Å²) in [5.74, 6) is 0. The van der Waals surface area contributed by atoms with E-state index < -0.39 is 0 Å². The Morgan fingerprint density at radius 3 is 1.14 bits per heavy atom. The number of rotatable bonds is 4. The number of benzene rings is 3. The van der Waals surface area contributed by atoms with Crippen molar-refractivity contribution in [3.05, 3.63) is 123 Å². The van der Waals surface area contributed by atoms with Gasteiger partial charge in [0.25, 0.3) is 0 Å². The van der Waals surface area contributed by atoms with E-state index >= 15 is 0 Å². The van der Waals surface area contributed by atoms with Crippen LogP contribution in [-0.4, -0.2) is 0 Å². The van der Waals surface area contributed by atoms with Crippen molar-refractivity contribution in [2.45, 2.75) is 27.7 Å². The fourth-order valence-corrected chi connectivity index (χ4v) is 14.6. The molecule has 0 N–H and O–H groups in total. The zero-order chi connectivity index (χ0) is 38.8. The number of aryl methyl sites for hydroxylation is 4. The molecule has 10 heteroatoms. The van der Waals surface area contributed by atoms with Crippen LogP contribution in [0.25, 0.3) is 84.5 Å². The topological polar surface area (TPSA) is 95.2 Å². The Labute approximate surface area is 345 Å². The molecule has 266 valence electrons. The van der Waals surface area contributed by atoms with Gasteiger partial charge < -0.3 is 0 Å². The standard InChI is InChI=1S/C46H26N4S6/c1-23-7-5-8-24(2)41(23)43-33-13-29(11-31-15-37-39(51-31)17-35(55-37)27(19-47)20-48)54-46(33)44(42-25(3)9-6-10-26(42)4)34-14-30(53-45(34)43)12-32-16-38-40(52-32)18-36(56-38)28(21-49)22-50/h5-18H,1-4H3/b31-11+,32-12+. The van der Waals surface area contributed by atoms with Gasteiger partial charge in [-0.3, -0.25) is 0 Å². The van der Waals surface area contributed by atoms with Crippen LogP contribution in [-0.2, 0) is 0 Å². The van der Waals surface area contributed by atoms with E-state index in [1.54, 1.807) is 22.7 Å². The Balaban J connectivity index is 1.33. The minimum atomic E-state index is 0.155. The van der Waals surface area contributed by atoms with Crippen LogP contribution in [0.3, 0.4) is 0 Å². The van der Waals surface area contributed by atoms with Gasteiger partial charge in [0.15, 0.2) is 0 Å². The summed E-state index contributed by atoms with van der Waals surface area (Å²) < 4.78 is 10.5. The van der Waals surface area contributed by atoms with Crippen molar-refractivity contribution in [2.75, 3.05) is 0 Å². The molecule has 0 amide bonds. The Morgan fingerprint density at radius 1 is 0.446 bits per heavy atom. The first-order valence-electron chi connectivity index (χ1n) is 17.5. The summed E-state index contributed by atoms with van der Waals surface area (Å²) >= 11 is 10.0. The van der Waals surface area contributed by atoms with Crippen LogP contribution in [0.1, 0.15) is 32.0 Å². The molecule has 4 nitrogen and oxygen atoms in total. The first-order valence-corrected chi connectivity index (χ1v) is 22.3. The molecule has 9 aromatic rings. The lowest BCUT2D eigenvalue weighted by molar-refractivity contribution is 1.39. The minimum Gasteiger partial charge on any atom is -0.192 e. The third kappa shape index (κ3) is 6.00. The molecule has 0 aliphatic heterocycles. The van der Waals surface area contributed by atoms with Gasteiger partial charge in [0.1, 0.15) is 35.4 Å². The average Bonchev–Trinajstić information content (AvgIpc) is 4.02. The molecule has 3 aromatic carbocycles. The molecule has 0 fully saturated rings. The summed E-state index contributed by atoms with van der Waals surface area (Å²) in [6, 6.07) is 34.2. The van der Waals surface area contributed by atoms with Crippen LogP contribution in [0.5, 0.6) is 0 Å². The van der Waals surface area contributed by atoms with Gasteiger partial charge in [-0.2, -0.15) is 21.0 Å². The molecule has 6 heterocycles. The quantitative estimate of drug-likeness (QED) is 0.177. The zero-order valence-corrected chi connectivity index (χ0v) is 35.2. The van der Waals surface area contributed by atoms with Gasteiger partial charge in [0.2, 0.25) is 0 Å². The SMILES string of the molecule is Cc1cccc(C)c1-c1c2cc(/C=c3\cc4sc(=C(C#N)C#N)cc4s3)sc2c(-c2c(C)cccc2C)c2cc(/C=c3\cc4sc(=C(C#N)C#N)cc4s3)sc12. The van der Waals surface area contributed by atoms with Crippen LogP contribution in [0.2, 0.25) is 0 Å². The van der Waals surface area contributed by atoms with Crippen molar-refractivity contribution in [1.82, 2.24) is 0 Å². The predicted octanol–water partition coefficient (Wildman–Crippen LogP) is 11.3. The van der Waals surface area contributed by atoms with E-state index in [4.69, 9.17) is 0 Å². The molecule has 9 rings (SSSR count). The van der Waals surface area contributed by atoms with Gasteiger partial charge in [0.05, 0.1) is 9.06 Å². The molecule has 0 unspecified atom stereocenters. The molecule has 0 saturated carbocycles. The highest BCUT2D eigenvalue weighted by Crippen LogP contribution is 2.52. The highest BCUT2D eigenvalue weighted by Gasteiger charge is 2.24. The Hall–Kier alpha value is -5.66. The third-order valence-electron chi connectivity index (χ3n) is 9.92. The summed E-state index contributed by atoms with van der Waals surface area (Å²) in [5.41, 5.74) is 10.3. The van der Waals surface area contributed by atoms with Gasteiger partial charge in [-0.15, -0.1) is 68.0 Å². The number of hydrogen-bond donors (Lipinski definition) is 0. The maximum atomic E-state index is 9.41. The van der Waals surface area contributed by atoms with Crippen LogP contribution < -0.4 is 18.1 Å². The molecule has 0 bridgehead atoms. The molecule has 0 radical (unpaired) electrons. The van der Waals surface area contributed by atoms with Crippen LogP contribution >= 0.6 is 68.0 Å². The Bertz CT molecular complexity index is 3150. The molecular weight excluding hydrogens is 801 g/mol. The van der Waals surface area contributed by atoms with E-state index in [-0.39, 0.29) is 11.1 Å². The molecule has 0 aliphatic rings. The largest absolute Gasteiger partial charge is 0.192 e. The highest BCUT2D eigenvalue weighted by molar-refractivity contribution is 7.27. The van der Waals surface area contributed by atoms with Crippen molar-refractivity contribution in [3.8, 4) is 46.5 Å². The van der Waals surface area contributed by atoms with Crippen molar-refractivity contribution in [2.24, 2.45) is 0 Å².